The van der Waals surface area contributed by atoms with E-state index in [0.717, 1.165) is 23.0 Å². The molecule has 1 N–H and O–H groups in total. The molecule has 0 aliphatic carbocycles. The zero-order valence-electron chi connectivity index (χ0n) is 16.7. The molecule has 3 aromatic rings. The van der Waals surface area contributed by atoms with E-state index in [0.29, 0.717) is 27.3 Å². The number of unbranched alkanes of at least 4 members (excludes halogenated alkanes) is 1. The molecular weight excluding hydrogens is 461 g/mol. The second-order valence-corrected chi connectivity index (χ2v) is 8.17. The molecule has 0 bridgehead atoms. The first-order chi connectivity index (χ1) is 14.8. The summed E-state index contributed by atoms with van der Waals surface area (Å²) >= 11 is 18.0. The SMILES string of the molecule is CCCCn1cc(C(=O)NCc2ccc(Cl)c(Cl)c2)c(=O)n(-c2cccc(Cl)c2)c1=O. The van der Waals surface area contributed by atoms with Crippen LogP contribution in [0.25, 0.3) is 5.69 Å². The Kier molecular flexibility index (Phi) is 7.59. The van der Waals surface area contributed by atoms with E-state index in [2.05, 4.69) is 5.32 Å². The third-order valence-corrected chi connectivity index (χ3v) is 5.63. The van der Waals surface area contributed by atoms with Crippen molar-refractivity contribution < 1.29 is 4.79 Å². The van der Waals surface area contributed by atoms with Crippen LogP contribution in [0.2, 0.25) is 15.1 Å². The summed E-state index contributed by atoms with van der Waals surface area (Å²) in [5.41, 5.74) is -0.367. The van der Waals surface area contributed by atoms with Crippen LogP contribution in [0.3, 0.4) is 0 Å². The number of aryl methyl sites for hydroxylation is 1. The molecule has 0 unspecified atom stereocenters. The van der Waals surface area contributed by atoms with Gasteiger partial charge in [-0.3, -0.25) is 14.2 Å². The largest absolute Gasteiger partial charge is 0.348 e. The van der Waals surface area contributed by atoms with Gasteiger partial charge in [-0.25, -0.2) is 9.36 Å². The van der Waals surface area contributed by atoms with Crippen LogP contribution in [0, 0.1) is 0 Å². The molecule has 162 valence electrons. The molecule has 0 atom stereocenters. The monoisotopic (exact) mass is 479 g/mol. The summed E-state index contributed by atoms with van der Waals surface area (Å²) in [4.78, 5) is 38.9. The second kappa shape index (κ2) is 10.2. The molecule has 0 aliphatic heterocycles. The van der Waals surface area contributed by atoms with E-state index in [-0.39, 0.29) is 12.1 Å². The molecule has 0 aliphatic rings. The maximum absolute atomic E-state index is 13.1. The number of benzene rings is 2. The number of hydrogen-bond acceptors (Lipinski definition) is 3. The maximum Gasteiger partial charge on any atom is 0.335 e. The molecule has 31 heavy (non-hydrogen) atoms. The van der Waals surface area contributed by atoms with E-state index in [9.17, 15) is 14.4 Å². The maximum atomic E-state index is 13.1. The van der Waals surface area contributed by atoms with Gasteiger partial charge in [0.1, 0.15) is 5.56 Å². The van der Waals surface area contributed by atoms with Gasteiger partial charge in [-0.15, -0.1) is 0 Å². The minimum atomic E-state index is -0.716. The summed E-state index contributed by atoms with van der Waals surface area (Å²) in [5, 5.41) is 3.85. The van der Waals surface area contributed by atoms with E-state index >= 15 is 0 Å². The Morgan fingerprint density at radius 3 is 2.48 bits per heavy atom. The van der Waals surface area contributed by atoms with Crippen molar-refractivity contribution in [2.75, 3.05) is 0 Å². The Labute approximate surface area is 194 Å². The summed E-state index contributed by atoms with van der Waals surface area (Å²) in [6.07, 6.45) is 2.88. The molecular formula is C22H20Cl3N3O3. The Morgan fingerprint density at radius 1 is 1.03 bits per heavy atom. The van der Waals surface area contributed by atoms with Gasteiger partial charge >= 0.3 is 5.69 Å². The predicted molar refractivity (Wildman–Crippen MR) is 124 cm³/mol. The predicted octanol–water partition coefficient (Wildman–Crippen LogP) is 4.69. The average molecular weight is 481 g/mol. The molecule has 0 fully saturated rings. The number of aromatic nitrogens is 2. The van der Waals surface area contributed by atoms with Gasteiger partial charge in [0.25, 0.3) is 11.5 Å². The van der Waals surface area contributed by atoms with Crippen LogP contribution in [-0.4, -0.2) is 15.0 Å². The van der Waals surface area contributed by atoms with Crippen molar-refractivity contribution in [3.05, 3.63) is 95.7 Å². The van der Waals surface area contributed by atoms with Gasteiger partial charge in [0.15, 0.2) is 0 Å². The van der Waals surface area contributed by atoms with Crippen molar-refractivity contribution in [2.24, 2.45) is 0 Å². The highest BCUT2D eigenvalue weighted by Crippen LogP contribution is 2.22. The fourth-order valence-corrected chi connectivity index (χ4v) is 3.52. The van der Waals surface area contributed by atoms with Crippen LogP contribution in [-0.2, 0) is 13.1 Å². The highest BCUT2D eigenvalue weighted by molar-refractivity contribution is 6.42. The number of carbonyl (C=O) groups is 1. The molecule has 0 spiro atoms. The van der Waals surface area contributed by atoms with Gasteiger partial charge in [0, 0.05) is 24.3 Å². The van der Waals surface area contributed by atoms with Crippen molar-refractivity contribution in [1.29, 1.82) is 0 Å². The van der Waals surface area contributed by atoms with Crippen molar-refractivity contribution in [3.63, 3.8) is 0 Å². The van der Waals surface area contributed by atoms with Crippen LogP contribution in [0.15, 0.2) is 58.3 Å². The Hall–Kier alpha value is -2.54. The smallest absolute Gasteiger partial charge is 0.335 e. The molecule has 3 rings (SSSR count). The van der Waals surface area contributed by atoms with Gasteiger partial charge in [-0.1, -0.05) is 60.3 Å². The minimum Gasteiger partial charge on any atom is -0.348 e. The van der Waals surface area contributed by atoms with Gasteiger partial charge in [0.05, 0.1) is 15.7 Å². The number of hydrogen-bond donors (Lipinski definition) is 1. The summed E-state index contributed by atoms with van der Waals surface area (Å²) in [6.45, 7) is 2.51. The summed E-state index contributed by atoms with van der Waals surface area (Å²) < 4.78 is 2.34. The first kappa shape index (κ1) is 23.1. The minimum absolute atomic E-state index is 0.139. The summed E-state index contributed by atoms with van der Waals surface area (Å²) in [7, 11) is 0. The van der Waals surface area contributed by atoms with Crippen LogP contribution in [0.4, 0.5) is 0 Å². The van der Waals surface area contributed by atoms with E-state index < -0.39 is 17.2 Å². The highest BCUT2D eigenvalue weighted by atomic mass is 35.5. The lowest BCUT2D eigenvalue weighted by atomic mass is 10.2. The van der Waals surface area contributed by atoms with Crippen LogP contribution in [0.1, 0.15) is 35.7 Å². The lowest BCUT2D eigenvalue weighted by molar-refractivity contribution is 0.0948. The average Bonchev–Trinajstić information content (AvgIpc) is 2.74. The van der Waals surface area contributed by atoms with E-state index in [1.54, 1.807) is 36.4 Å². The molecule has 0 saturated heterocycles. The zero-order chi connectivity index (χ0) is 22.5. The van der Waals surface area contributed by atoms with E-state index in [1.807, 2.05) is 6.92 Å². The zero-order valence-corrected chi connectivity index (χ0v) is 19.0. The third-order valence-electron chi connectivity index (χ3n) is 4.66. The van der Waals surface area contributed by atoms with Gasteiger partial charge in [-0.05, 0) is 42.3 Å². The Balaban J connectivity index is 2.01. The number of nitrogens with zero attached hydrogens (tertiary/aromatic N) is 2. The molecule has 6 nitrogen and oxygen atoms in total. The standard InChI is InChI=1S/C22H20Cl3N3O3/c1-2-3-9-27-13-17(20(29)26-12-14-7-8-18(24)19(25)10-14)21(30)28(22(27)31)16-6-4-5-15(23)11-16/h4-8,10-11,13H,2-3,9,12H2,1H3,(H,26,29). The molecule has 1 aromatic heterocycles. The molecule has 9 heteroatoms. The molecule has 0 radical (unpaired) electrons. The highest BCUT2D eigenvalue weighted by Gasteiger charge is 2.18. The van der Waals surface area contributed by atoms with Crippen LogP contribution >= 0.6 is 34.8 Å². The number of nitrogens with one attached hydrogen (secondary N) is 1. The first-order valence-corrected chi connectivity index (χ1v) is 10.8. The quantitative estimate of drug-likeness (QED) is 0.533. The van der Waals surface area contributed by atoms with Gasteiger partial charge in [0.2, 0.25) is 0 Å². The van der Waals surface area contributed by atoms with Crippen LogP contribution in [0.5, 0.6) is 0 Å². The van der Waals surface area contributed by atoms with Crippen molar-refractivity contribution >= 4 is 40.7 Å². The van der Waals surface area contributed by atoms with Crippen molar-refractivity contribution in [2.45, 2.75) is 32.9 Å². The number of rotatable bonds is 7. The van der Waals surface area contributed by atoms with Crippen LogP contribution < -0.4 is 16.6 Å². The fraction of sp³-hybridized carbons (Fsp3) is 0.227. The normalized spacial score (nSPS) is 10.8. The van der Waals surface area contributed by atoms with Crippen molar-refractivity contribution in [3.8, 4) is 5.69 Å². The molecule has 1 amide bonds. The topological polar surface area (TPSA) is 73.1 Å². The lowest BCUT2D eigenvalue weighted by Crippen LogP contribution is -2.43. The number of amides is 1. The lowest BCUT2D eigenvalue weighted by Gasteiger charge is -2.13. The van der Waals surface area contributed by atoms with E-state index in [1.165, 1.54) is 16.8 Å². The second-order valence-electron chi connectivity index (χ2n) is 6.92. The third kappa shape index (κ3) is 5.39. The van der Waals surface area contributed by atoms with Crippen molar-refractivity contribution in [1.82, 2.24) is 14.5 Å². The molecule has 1 heterocycles. The summed E-state index contributed by atoms with van der Waals surface area (Å²) in [5.74, 6) is -0.600. The van der Waals surface area contributed by atoms with E-state index in [4.69, 9.17) is 34.8 Å². The molecule has 0 saturated carbocycles. The Morgan fingerprint density at radius 2 is 1.81 bits per heavy atom. The number of carbonyl (C=O) groups excluding carboxylic acids is 1. The van der Waals surface area contributed by atoms with Gasteiger partial charge < -0.3 is 5.32 Å². The molecule has 2 aromatic carbocycles. The summed E-state index contributed by atoms with van der Waals surface area (Å²) in [6, 6.07) is 11.4. The first-order valence-electron chi connectivity index (χ1n) is 9.66. The number of halogens is 3. The fourth-order valence-electron chi connectivity index (χ4n) is 3.02. The Bertz CT molecular complexity index is 1230. The van der Waals surface area contributed by atoms with Gasteiger partial charge in [-0.2, -0.15) is 0 Å².